The average molecular weight is 436 g/mol. The van der Waals surface area contributed by atoms with Gasteiger partial charge in [-0.1, -0.05) is 24.6 Å². The highest BCUT2D eigenvalue weighted by Crippen LogP contribution is 2.77. The van der Waals surface area contributed by atoms with Crippen LogP contribution in [0.1, 0.15) is 49.7 Å². The molecule has 3 saturated carbocycles. The highest BCUT2D eigenvalue weighted by atomic mass is 16.6. The molecule has 0 aromatic heterocycles. The van der Waals surface area contributed by atoms with Crippen molar-refractivity contribution < 1.29 is 19.7 Å². The van der Waals surface area contributed by atoms with E-state index < -0.39 is 5.60 Å². The molecule has 8 aliphatic rings. The molecule has 8 unspecified atom stereocenters. The van der Waals surface area contributed by atoms with Gasteiger partial charge in [0.15, 0.2) is 11.5 Å². The molecular weight excluding hydrogens is 402 g/mol. The fraction of sp³-hybridized carbons (Fsp3) is 0.704. The van der Waals surface area contributed by atoms with Gasteiger partial charge in [-0.15, -0.1) is 0 Å². The zero-order valence-corrected chi connectivity index (χ0v) is 18.8. The maximum atomic E-state index is 11.4. The highest BCUT2D eigenvalue weighted by molar-refractivity contribution is 5.65. The minimum atomic E-state index is -0.643. The number of aliphatic hydroxyl groups is 1. The van der Waals surface area contributed by atoms with Crippen molar-refractivity contribution in [2.24, 2.45) is 23.2 Å². The van der Waals surface area contributed by atoms with Gasteiger partial charge in [0.1, 0.15) is 11.7 Å². The number of ether oxygens (including phenoxy) is 2. The van der Waals surface area contributed by atoms with E-state index in [4.69, 9.17) is 9.47 Å². The molecule has 2 N–H and O–H groups in total. The van der Waals surface area contributed by atoms with E-state index in [0.717, 1.165) is 44.6 Å². The summed E-state index contributed by atoms with van der Waals surface area (Å²) in [6, 6.07) is 4.41. The minimum absolute atomic E-state index is 0.0470. The summed E-state index contributed by atoms with van der Waals surface area (Å²) < 4.78 is 13.2. The number of phenols is 1. The summed E-state index contributed by atoms with van der Waals surface area (Å²) in [6.07, 6.45) is 12.1. The quantitative estimate of drug-likeness (QED) is 0.715. The lowest BCUT2D eigenvalue weighted by atomic mass is 9.32. The number of hydrogen-bond donors (Lipinski definition) is 2. The predicted molar refractivity (Wildman–Crippen MR) is 119 cm³/mol. The molecule has 0 amide bonds. The Balaban J connectivity index is 1.44. The largest absolute Gasteiger partial charge is 0.504 e. The summed E-state index contributed by atoms with van der Waals surface area (Å²) in [4.78, 5) is 2.81. The van der Waals surface area contributed by atoms with Crippen LogP contribution in [-0.4, -0.2) is 59.2 Å². The monoisotopic (exact) mass is 435 g/mol. The van der Waals surface area contributed by atoms with Crippen molar-refractivity contribution in [2.45, 2.75) is 74.2 Å². The van der Waals surface area contributed by atoms with Crippen molar-refractivity contribution >= 4 is 0 Å². The van der Waals surface area contributed by atoms with E-state index >= 15 is 0 Å². The van der Waals surface area contributed by atoms with Crippen molar-refractivity contribution in [2.75, 3.05) is 20.2 Å². The molecule has 2 heterocycles. The number of nitrogens with zero attached hydrogens (tertiary/aromatic N) is 1. The minimum Gasteiger partial charge on any atom is -0.504 e. The first-order chi connectivity index (χ1) is 15.6. The lowest BCUT2D eigenvalue weighted by Gasteiger charge is -2.75. The number of rotatable bonds is 3. The molecule has 8 atom stereocenters. The summed E-state index contributed by atoms with van der Waals surface area (Å²) in [5.41, 5.74) is 1.74. The second kappa shape index (κ2) is 5.73. The van der Waals surface area contributed by atoms with E-state index in [1.54, 1.807) is 7.11 Å². The molecule has 1 saturated heterocycles. The summed E-state index contributed by atoms with van der Waals surface area (Å²) in [7, 11) is 1.80. The Morgan fingerprint density at radius 3 is 2.88 bits per heavy atom. The maximum absolute atomic E-state index is 11.4. The Kier molecular flexibility index (Phi) is 3.37. The number of hydrogen-bond acceptors (Lipinski definition) is 5. The van der Waals surface area contributed by atoms with Crippen molar-refractivity contribution in [3.05, 3.63) is 35.4 Å². The van der Waals surface area contributed by atoms with Gasteiger partial charge in [-0.25, -0.2) is 0 Å². The molecule has 32 heavy (non-hydrogen) atoms. The first kappa shape index (κ1) is 18.8. The summed E-state index contributed by atoms with van der Waals surface area (Å²) >= 11 is 0. The van der Waals surface area contributed by atoms with E-state index in [0.29, 0.717) is 17.7 Å². The smallest absolute Gasteiger partial charge is 0.165 e. The van der Waals surface area contributed by atoms with E-state index in [1.165, 1.54) is 30.5 Å². The van der Waals surface area contributed by atoms with Crippen LogP contribution in [0.25, 0.3) is 0 Å². The van der Waals surface area contributed by atoms with Crippen molar-refractivity contribution in [1.29, 1.82) is 0 Å². The zero-order chi connectivity index (χ0) is 21.5. The summed E-state index contributed by atoms with van der Waals surface area (Å²) in [5, 5.41) is 22.3. The number of methoxy groups -OCH3 is 1. The Hall–Kier alpha value is -1.56. The summed E-state index contributed by atoms with van der Waals surface area (Å²) in [6.45, 7) is 2.29. The standard InChI is InChI=1S/C27H33NO4/c1-31-27-10-9-25(17-3-2-4-18(29)22(17)27)20-13-16-7-8-19(30)23-21(16)26(25,24(27)32-23)11-12-28(20)14-15-5-6-15/h7-10,15,17-18,20,22,24,29-30H,2-6,11-14H2,1H3. The molecule has 1 aromatic carbocycles. The fourth-order valence-electron chi connectivity index (χ4n) is 9.81. The first-order valence-electron chi connectivity index (χ1n) is 12.8. The van der Waals surface area contributed by atoms with Crippen LogP contribution >= 0.6 is 0 Å². The van der Waals surface area contributed by atoms with Crippen LogP contribution in [0.2, 0.25) is 0 Å². The van der Waals surface area contributed by atoms with Gasteiger partial charge in [0.2, 0.25) is 0 Å². The Morgan fingerprint density at radius 2 is 2.06 bits per heavy atom. The van der Waals surface area contributed by atoms with Gasteiger partial charge >= 0.3 is 0 Å². The molecule has 1 aromatic rings. The number of phenolic OH excluding ortho intramolecular Hbond substituents is 1. The van der Waals surface area contributed by atoms with Gasteiger partial charge in [-0.05, 0) is 68.5 Å². The van der Waals surface area contributed by atoms with Gasteiger partial charge in [-0.2, -0.15) is 0 Å². The van der Waals surface area contributed by atoms with Crippen molar-refractivity contribution in [3.8, 4) is 11.5 Å². The lowest BCUT2D eigenvalue weighted by Crippen LogP contribution is -2.83. The molecule has 6 aliphatic carbocycles. The molecule has 0 radical (unpaired) electrons. The van der Waals surface area contributed by atoms with Crippen LogP contribution in [-0.2, 0) is 16.6 Å². The maximum Gasteiger partial charge on any atom is 0.165 e. The van der Waals surface area contributed by atoms with E-state index in [-0.39, 0.29) is 34.7 Å². The van der Waals surface area contributed by atoms with Crippen LogP contribution in [0.15, 0.2) is 24.3 Å². The van der Waals surface area contributed by atoms with Crippen molar-refractivity contribution in [1.82, 2.24) is 4.90 Å². The first-order valence-corrected chi connectivity index (χ1v) is 12.8. The molecule has 2 aliphatic heterocycles. The van der Waals surface area contributed by atoms with Crippen LogP contribution < -0.4 is 4.74 Å². The molecule has 5 heteroatoms. The zero-order valence-electron chi connectivity index (χ0n) is 18.8. The molecular formula is C27H33NO4. The number of piperidine rings is 1. The second-order valence-electron chi connectivity index (χ2n) is 11.8. The van der Waals surface area contributed by atoms with E-state index in [2.05, 4.69) is 23.1 Å². The van der Waals surface area contributed by atoms with Crippen LogP contribution in [0, 0.1) is 23.2 Å². The van der Waals surface area contributed by atoms with Crippen LogP contribution in [0.4, 0.5) is 0 Å². The molecule has 4 bridgehead atoms. The number of aliphatic hydroxyl groups excluding tert-OH is 1. The second-order valence-corrected chi connectivity index (χ2v) is 11.8. The lowest BCUT2D eigenvalue weighted by molar-refractivity contribution is -0.269. The third kappa shape index (κ3) is 1.79. The van der Waals surface area contributed by atoms with Gasteiger partial charge in [0.25, 0.3) is 0 Å². The molecule has 170 valence electrons. The van der Waals surface area contributed by atoms with Crippen LogP contribution in [0.3, 0.4) is 0 Å². The predicted octanol–water partition coefficient (Wildman–Crippen LogP) is 3.16. The van der Waals surface area contributed by atoms with Gasteiger partial charge in [0, 0.05) is 36.6 Å². The topological polar surface area (TPSA) is 62.2 Å². The molecule has 9 rings (SSSR count). The SMILES string of the molecule is COC12C=CC3(C4CCCC(O)C41)C1Cc4ccc(O)c5c4C3(CCN1CC1CC1)C2O5. The van der Waals surface area contributed by atoms with Crippen molar-refractivity contribution in [3.63, 3.8) is 0 Å². The third-order valence-corrected chi connectivity index (χ3v) is 10.9. The number of likely N-dealkylation sites (tertiary alicyclic amines) is 1. The van der Waals surface area contributed by atoms with Gasteiger partial charge in [-0.3, -0.25) is 4.90 Å². The van der Waals surface area contributed by atoms with Gasteiger partial charge < -0.3 is 19.7 Å². The average Bonchev–Trinajstić information content (AvgIpc) is 3.54. The molecule has 2 spiro atoms. The Morgan fingerprint density at radius 1 is 1.19 bits per heavy atom. The summed E-state index contributed by atoms with van der Waals surface area (Å²) in [5.74, 6) is 2.24. The van der Waals surface area contributed by atoms with E-state index in [9.17, 15) is 10.2 Å². The number of aromatic hydroxyl groups is 1. The normalized spacial score (nSPS) is 49.5. The molecule has 5 nitrogen and oxygen atoms in total. The highest BCUT2D eigenvalue weighted by Gasteiger charge is 2.82. The van der Waals surface area contributed by atoms with Gasteiger partial charge in [0.05, 0.1) is 11.5 Å². The number of benzene rings is 1. The fourth-order valence-corrected chi connectivity index (χ4v) is 9.81. The Labute approximate surface area is 189 Å². The third-order valence-electron chi connectivity index (χ3n) is 10.9. The molecule has 4 fully saturated rings. The van der Waals surface area contributed by atoms with E-state index in [1.807, 2.05) is 6.07 Å². The van der Waals surface area contributed by atoms with Crippen LogP contribution in [0.5, 0.6) is 11.5 Å². The Bertz CT molecular complexity index is 1050.